The van der Waals surface area contributed by atoms with Gasteiger partial charge in [0.15, 0.2) is 11.5 Å². The monoisotopic (exact) mass is 722 g/mol. The molecule has 1 N–H and O–H groups in total. The molecule has 1 atom stereocenters. The number of hydrogen-bond donors (Lipinski definition) is 1. The van der Waals surface area contributed by atoms with E-state index in [-0.39, 0.29) is 11.7 Å². The molecule has 0 spiro atoms. The number of carbonyl (C=O) groups is 1. The number of methoxy groups -OCH3 is 3. The number of piperidine rings is 1. The van der Waals surface area contributed by atoms with Gasteiger partial charge in [0.2, 0.25) is 11.7 Å². The van der Waals surface area contributed by atoms with Crippen LogP contribution in [0.2, 0.25) is 0 Å². The maximum absolute atomic E-state index is 14.5. The largest absolute Gasteiger partial charge is 0.493 e. The van der Waals surface area contributed by atoms with Gasteiger partial charge >= 0.3 is 0 Å². The molecule has 2 fully saturated rings. The van der Waals surface area contributed by atoms with Gasteiger partial charge in [-0.1, -0.05) is 60.7 Å². The molecule has 3 aromatic carbocycles. The zero-order valence-electron chi connectivity index (χ0n) is 31.3. The molecule has 3 heterocycles. The van der Waals surface area contributed by atoms with Gasteiger partial charge in [0.1, 0.15) is 17.2 Å². The predicted molar refractivity (Wildman–Crippen MR) is 204 cm³/mol. The van der Waals surface area contributed by atoms with Crippen LogP contribution in [0.4, 0.5) is 4.39 Å². The Hall–Kier alpha value is -4.93. The minimum absolute atomic E-state index is 0.157. The fourth-order valence-corrected chi connectivity index (χ4v) is 7.80. The van der Waals surface area contributed by atoms with Gasteiger partial charge in [0.25, 0.3) is 0 Å². The summed E-state index contributed by atoms with van der Waals surface area (Å²) in [4.78, 5) is 23.6. The Morgan fingerprint density at radius 3 is 2.19 bits per heavy atom. The summed E-state index contributed by atoms with van der Waals surface area (Å²) in [5.41, 5.74) is 2.20. The van der Waals surface area contributed by atoms with Crippen LogP contribution in [-0.2, 0) is 29.9 Å². The number of nitrogens with zero attached hydrogens (tertiary/aromatic N) is 4. The van der Waals surface area contributed by atoms with Crippen molar-refractivity contribution in [1.29, 1.82) is 0 Å². The third-order valence-corrected chi connectivity index (χ3v) is 10.8. The lowest BCUT2D eigenvalue weighted by Gasteiger charge is -2.39. The summed E-state index contributed by atoms with van der Waals surface area (Å²) in [7, 11) is 4.77. The molecule has 4 aromatic rings. The van der Waals surface area contributed by atoms with Crippen LogP contribution in [0, 0.1) is 11.2 Å². The second kappa shape index (κ2) is 16.8. The average Bonchev–Trinajstić information content (AvgIpc) is 3.72. The highest BCUT2D eigenvalue weighted by Crippen LogP contribution is 2.43. The number of rotatable bonds is 15. The Morgan fingerprint density at radius 2 is 1.55 bits per heavy atom. The number of hydrogen-bond acceptors (Lipinski definition) is 7. The van der Waals surface area contributed by atoms with Crippen LogP contribution in [0.15, 0.2) is 91.2 Å². The molecular formula is C43H51FN4O5. The van der Waals surface area contributed by atoms with Gasteiger partial charge in [-0.05, 0) is 92.6 Å². The van der Waals surface area contributed by atoms with Gasteiger partial charge in [0, 0.05) is 32.7 Å². The molecule has 2 aliphatic heterocycles. The molecule has 0 bridgehead atoms. The highest BCUT2D eigenvalue weighted by Gasteiger charge is 2.47. The van der Waals surface area contributed by atoms with Gasteiger partial charge in [-0.2, -0.15) is 0 Å². The number of ether oxygens (including phenoxy) is 3. The number of likely N-dealkylation sites (tertiary alicyclic amines) is 2. The first-order chi connectivity index (χ1) is 25.7. The summed E-state index contributed by atoms with van der Waals surface area (Å²) < 4.78 is 32.4. The fourth-order valence-electron chi connectivity index (χ4n) is 7.80. The Balaban J connectivity index is 1.17. The zero-order valence-corrected chi connectivity index (χ0v) is 31.3. The quantitative estimate of drug-likeness (QED) is 0.132. The summed E-state index contributed by atoms with van der Waals surface area (Å²) >= 11 is 0. The Bertz CT molecular complexity index is 1870. The Labute approximate surface area is 312 Å². The zero-order chi connectivity index (χ0) is 37.4. The van der Waals surface area contributed by atoms with Crippen molar-refractivity contribution >= 4 is 12.0 Å². The second-order valence-corrected chi connectivity index (χ2v) is 14.2. The van der Waals surface area contributed by atoms with Crippen molar-refractivity contribution in [2.24, 2.45) is 5.41 Å². The maximum atomic E-state index is 14.5. The number of benzene rings is 3. The first-order valence-electron chi connectivity index (χ1n) is 18.4. The lowest BCUT2D eigenvalue weighted by Crippen LogP contribution is -2.46. The van der Waals surface area contributed by atoms with Crippen molar-refractivity contribution in [3.05, 3.63) is 125 Å². The Kier molecular flexibility index (Phi) is 12.0. The lowest BCUT2D eigenvalue weighted by atomic mass is 9.77. The van der Waals surface area contributed by atoms with Crippen LogP contribution in [0.5, 0.6) is 17.2 Å². The molecule has 0 radical (unpaired) electrons. The van der Waals surface area contributed by atoms with Crippen molar-refractivity contribution in [1.82, 2.24) is 19.4 Å². The topological polar surface area (TPSA) is 89.3 Å². The smallest absolute Gasteiger partial charge is 0.229 e. The summed E-state index contributed by atoms with van der Waals surface area (Å²) in [5, 5.41) is 12.1. The minimum atomic E-state index is -1.12. The number of aliphatic hydroxyl groups is 1. The third kappa shape index (κ3) is 8.50. The van der Waals surface area contributed by atoms with Crippen LogP contribution >= 0.6 is 0 Å². The van der Waals surface area contributed by atoms with Gasteiger partial charge in [-0.3, -0.25) is 4.79 Å². The van der Waals surface area contributed by atoms with Crippen LogP contribution in [0.3, 0.4) is 0 Å². The third-order valence-electron chi connectivity index (χ3n) is 10.8. The number of allylic oxidation sites excluding steroid dienone is 3. The molecule has 10 heteroatoms. The van der Waals surface area contributed by atoms with Crippen LogP contribution in [-0.4, -0.2) is 77.9 Å². The first kappa shape index (κ1) is 37.8. The van der Waals surface area contributed by atoms with E-state index in [0.717, 1.165) is 35.3 Å². The molecule has 0 saturated carbocycles. The van der Waals surface area contributed by atoms with Crippen LogP contribution in [0.1, 0.15) is 60.8 Å². The van der Waals surface area contributed by atoms with E-state index in [1.165, 1.54) is 12.1 Å². The maximum Gasteiger partial charge on any atom is 0.229 e. The molecule has 53 heavy (non-hydrogen) atoms. The summed E-state index contributed by atoms with van der Waals surface area (Å²) in [5.74, 6) is 2.15. The fraction of sp³-hybridized carbons (Fsp3) is 0.395. The van der Waals surface area contributed by atoms with E-state index in [9.17, 15) is 14.3 Å². The van der Waals surface area contributed by atoms with E-state index >= 15 is 0 Å². The van der Waals surface area contributed by atoms with E-state index in [4.69, 9.17) is 19.2 Å². The highest BCUT2D eigenvalue weighted by molar-refractivity contribution is 5.85. The molecule has 2 aliphatic rings. The first-order valence-corrected chi connectivity index (χ1v) is 18.4. The molecule has 1 unspecified atom stereocenters. The van der Waals surface area contributed by atoms with Crippen LogP contribution < -0.4 is 14.2 Å². The summed E-state index contributed by atoms with van der Waals surface area (Å²) in [6.45, 7) is 5.62. The van der Waals surface area contributed by atoms with Crippen LogP contribution in [0.25, 0.3) is 6.08 Å². The standard InChI is InChI=1S/C43H51FN4O5/c1-5-6-8-13-36-29-45-40(48(36)31-33-14-16-35(44)17-15-33)43(50)20-23-46(24-21-43)22-18-42(28-32-11-9-7-10-12-32)19-25-47(41(42)49)30-34-26-37(51-2)39(53-4)38(27-34)52-3/h5-17,26-27,29,50H,18-25,28,30-31H2,1-4H3/b6-5-,13-8-. The van der Waals surface area contributed by atoms with Crippen molar-refractivity contribution in [2.45, 2.75) is 57.7 Å². The summed E-state index contributed by atoms with van der Waals surface area (Å²) in [6, 6.07) is 20.6. The van der Waals surface area contributed by atoms with Crippen molar-refractivity contribution < 1.29 is 28.5 Å². The van der Waals surface area contributed by atoms with Gasteiger partial charge in [-0.15, -0.1) is 0 Å². The van der Waals surface area contributed by atoms with E-state index in [2.05, 4.69) is 17.0 Å². The molecule has 6 rings (SSSR count). The molecule has 9 nitrogen and oxygen atoms in total. The number of aromatic nitrogens is 2. The van der Waals surface area contributed by atoms with Crippen molar-refractivity contribution in [3.8, 4) is 17.2 Å². The lowest BCUT2D eigenvalue weighted by molar-refractivity contribution is -0.137. The molecule has 1 amide bonds. The number of imidazole rings is 1. The summed E-state index contributed by atoms with van der Waals surface area (Å²) in [6.07, 6.45) is 12.8. The highest BCUT2D eigenvalue weighted by atomic mass is 19.1. The average molecular weight is 723 g/mol. The molecular weight excluding hydrogens is 671 g/mol. The molecule has 1 aromatic heterocycles. The minimum Gasteiger partial charge on any atom is -0.493 e. The van der Waals surface area contributed by atoms with Gasteiger partial charge in [-0.25, -0.2) is 9.37 Å². The van der Waals surface area contributed by atoms with Gasteiger partial charge < -0.3 is 33.7 Å². The molecule has 2 saturated heterocycles. The van der Waals surface area contributed by atoms with E-state index in [1.54, 1.807) is 39.7 Å². The van der Waals surface area contributed by atoms with Crippen molar-refractivity contribution in [3.63, 3.8) is 0 Å². The van der Waals surface area contributed by atoms with E-state index in [1.807, 2.05) is 71.0 Å². The van der Waals surface area contributed by atoms with Gasteiger partial charge in [0.05, 0.1) is 38.6 Å². The molecule has 0 aliphatic carbocycles. The SMILES string of the molecule is C/C=C\C=C/c1cnc(C2(O)CCN(CCC3(Cc4ccccc4)CCN(Cc4cc(OC)c(OC)c(OC)c4)C3=O)CC2)n1Cc1ccc(F)cc1. The number of halogens is 1. The van der Waals surface area contributed by atoms with Crippen molar-refractivity contribution in [2.75, 3.05) is 47.5 Å². The second-order valence-electron chi connectivity index (χ2n) is 14.2. The Morgan fingerprint density at radius 1 is 0.849 bits per heavy atom. The number of carbonyl (C=O) groups excluding carboxylic acids is 1. The van der Waals surface area contributed by atoms with E-state index in [0.29, 0.717) is 81.5 Å². The normalized spacial score (nSPS) is 19.1. The predicted octanol–water partition coefficient (Wildman–Crippen LogP) is 7.02. The van der Waals surface area contributed by atoms with E-state index < -0.39 is 11.0 Å². The molecule has 280 valence electrons. The number of amides is 1.